The first kappa shape index (κ1) is 34.9. The van der Waals surface area contributed by atoms with Crippen LogP contribution in [0.5, 0.6) is 11.6 Å². The van der Waals surface area contributed by atoms with Gasteiger partial charge >= 0.3 is 6.09 Å². The smallest absolute Gasteiger partial charge is 0.410 e. The first-order chi connectivity index (χ1) is 23.8. The minimum Gasteiger partial charge on any atom is -0.444 e. The number of anilines is 3. The van der Waals surface area contributed by atoms with Crippen LogP contribution in [-0.2, 0) is 14.8 Å². The second-order valence-corrected chi connectivity index (χ2v) is 15.5. The van der Waals surface area contributed by atoms with Gasteiger partial charge < -0.3 is 19.7 Å². The lowest BCUT2D eigenvalue weighted by atomic mass is 10.0. The zero-order valence-electron chi connectivity index (χ0n) is 28.6. The van der Waals surface area contributed by atoms with Crippen molar-refractivity contribution in [3.05, 3.63) is 95.8 Å². The number of aryl methyl sites for hydroxylation is 1. The molecule has 2 aromatic heterocycles. The van der Waals surface area contributed by atoms with Gasteiger partial charge in [-0.05, 0) is 88.6 Å². The van der Waals surface area contributed by atoms with Crippen LogP contribution < -0.4 is 14.4 Å². The molecule has 0 aliphatic carbocycles. The second-order valence-electron chi connectivity index (χ2n) is 13.2. The number of halogens is 1. The fraction of sp³-hybridized carbons (Fsp3) is 0.297. The van der Waals surface area contributed by atoms with Crippen LogP contribution in [0.25, 0.3) is 22.0 Å². The van der Waals surface area contributed by atoms with Crippen LogP contribution in [0.4, 0.5) is 22.1 Å². The average Bonchev–Trinajstić information content (AvgIpc) is 3.05. The van der Waals surface area contributed by atoms with E-state index in [0.29, 0.717) is 69.1 Å². The normalized spacial score (nSPS) is 15.1. The van der Waals surface area contributed by atoms with E-state index in [1.807, 2.05) is 52.0 Å². The highest BCUT2D eigenvalue weighted by Crippen LogP contribution is 2.42. The highest BCUT2D eigenvalue weighted by Gasteiger charge is 2.28. The number of carbonyl (C=O) groups excluding carboxylic acids is 1. The number of likely N-dealkylation sites (tertiary alicyclic amines) is 1. The Balaban J connectivity index is 1.31. The molecule has 1 amide bonds. The van der Waals surface area contributed by atoms with Crippen molar-refractivity contribution < 1.29 is 22.7 Å². The maximum Gasteiger partial charge on any atom is 0.410 e. The maximum absolute atomic E-state index is 13.2. The number of amides is 1. The van der Waals surface area contributed by atoms with Crippen LogP contribution >= 0.6 is 11.6 Å². The highest BCUT2D eigenvalue weighted by atomic mass is 35.5. The molecular weight excluding hydrogens is 676 g/mol. The number of piperidine rings is 1. The van der Waals surface area contributed by atoms with Crippen molar-refractivity contribution in [3.8, 4) is 22.9 Å². The molecule has 1 unspecified atom stereocenters. The van der Waals surface area contributed by atoms with Gasteiger partial charge in [0.05, 0.1) is 28.9 Å². The number of hydrogen-bond donors (Lipinski definition) is 1. The second kappa shape index (κ2) is 14.1. The lowest BCUT2D eigenvalue weighted by molar-refractivity contribution is 0.0206. The molecule has 1 aliphatic heterocycles. The minimum absolute atomic E-state index is 0.0536. The molecule has 11 nitrogen and oxygen atoms in total. The Kier molecular flexibility index (Phi) is 9.86. The first-order valence-corrected chi connectivity index (χ1v) is 18.5. The van der Waals surface area contributed by atoms with Gasteiger partial charge in [-0.2, -0.15) is 0 Å². The molecule has 50 heavy (non-hydrogen) atoms. The molecule has 1 atom stereocenters. The topological polar surface area (TPSA) is 127 Å². The number of fused-ring (bicyclic) bond motifs is 1. The Morgan fingerprint density at radius 3 is 2.56 bits per heavy atom. The summed E-state index contributed by atoms with van der Waals surface area (Å²) in [5.41, 5.74) is 2.36. The van der Waals surface area contributed by atoms with Gasteiger partial charge in [0.15, 0.2) is 0 Å². The molecule has 0 radical (unpaired) electrons. The zero-order valence-corrected chi connectivity index (χ0v) is 30.1. The van der Waals surface area contributed by atoms with Gasteiger partial charge in [0, 0.05) is 47.3 Å². The number of rotatable bonds is 8. The quantitative estimate of drug-likeness (QED) is 0.169. The molecule has 1 fully saturated rings. The van der Waals surface area contributed by atoms with E-state index >= 15 is 0 Å². The summed E-state index contributed by atoms with van der Waals surface area (Å²) in [6.45, 7) is 8.59. The molecule has 0 spiro atoms. The summed E-state index contributed by atoms with van der Waals surface area (Å²) in [6, 6.07) is 21.3. The molecular formula is C37H39ClN6O5S. The number of sulfonamides is 1. The van der Waals surface area contributed by atoms with E-state index in [2.05, 4.69) is 15.3 Å². The summed E-state index contributed by atoms with van der Waals surface area (Å²) in [6.07, 6.45) is 5.81. The molecule has 6 rings (SSSR count). The van der Waals surface area contributed by atoms with E-state index in [0.717, 1.165) is 24.7 Å². The van der Waals surface area contributed by atoms with Gasteiger partial charge in [0.2, 0.25) is 21.9 Å². The summed E-state index contributed by atoms with van der Waals surface area (Å²) in [5, 5.41) is 5.18. The van der Waals surface area contributed by atoms with Crippen molar-refractivity contribution in [1.29, 1.82) is 0 Å². The van der Waals surface area contributed by atoms with Crippen molar-refractivity contribution in [2.45, 2.75) is 52.2 Å². The van der Waals surface area contributed by atoms with Gasteiger partial charge in [-0.1, -0.05) is 41.9 Å². The summed E-state index contributed by atoms with van der Waals surface area (Å²) in [7, 11) is -3.76. The van der Waals surface area contributed by atoms with E-state index in [1.165, 1.54) is 4.31 Å². The lowest BCUT2D eigenvalue weighted by Crippen LogP contribution is -2.47. The molecule has 1 N–H and O–H groups in total. The van der Waals surface area contributed by atoms with Crippen LogP contribution in [0.1, 0.15) is 39.2 Å². The highest BCUT2D eigenvalue weighted by molar-refractivity contribution is 7.92. The van der Waals surface area contributed by atoms with Crippen molar-refractivity contribution in [3.63, 3.8) is 0 Å². The Hall–Kier alpha value is -4.94. The minimum atomic E-state index is -3.76. The molecule has 1 aliphatic rings. The molecule has 13 heteroatoms. The van der Waals surface area contributed by atoms with Gasteiger partial charge in [-0.15, -0.1) is 0 Å². The van der Waals surface area contributed by atoms with Crippen molar-refractivity contribution in [1.82, 2.24) is 19.9 Å². The molecule has 260 valence electrons. The van der Waals surface area contributed by atoms with E-state index < -0.39 is 15.6 Å². The van der Waals surface area contributed by atoms with Crippen molar-refractivity contribution in [2.24, 2.45) is 0 Å². The number of benzene rings is 3. The van der Waals surface area contributed by atoms with Crippen molar-refractivity contribution in [2.75, 3.05) is 29.0 Å². The standard InChI is InChI=1S/C37H39ClN6O5S/c1-24-16-17-28-29(13-7-15-32(28)44(50(5,46)47)27-12-6-10-25(38)22-27)33(24)48-34-30(14-8-19-39-34)31-18-20-40-35(42-31)41-26-11-9-21-43(23-26)36(45)49-37(2,3)4/h6-8,10,12-20,22,26H,9,11,21,23H2,1-5H3,(H,40,41,42). The molecule has 3 aromatic carbocycles. The molecule has 0 saturated carbocycles. The predicted molar refractivity (Wildman–Crippen MR) is 197 cm³/mol. The molecule has 3 heterocycles. The number of nitrogens with one attached hydrogen (secondary N) is 1. The number of pyridine rings is 1. The number of nitrogens with zero attached hydrogens (tertiary/aromatic N) is 5. The summed E-state index contributed by atoms with van der Waals surface area (Å²) >= 11 is 6.26. The lowest BCUT2D eigenvalue weighted by Gasteiger charge is -2.34. The first-order valence-electron chi connectivity index (χ1n) is 16.3. The fourth-order valence-electron chi connectivity index (χ4n) is 5.96. The largest absolute Gasteiger partial charge is 0.444 e. The van der Waals surface area contributed by atoms with Gasteiger partial charge in [0.1, 0.15) is 11.4 Å². The van der Waals surface area contributed by atoms with Crippen molar-refractivity contribution >= 4 is 55.8 Å². The van der Waals surface area contributed by atoms with Crippen LogP contribution in [0.3, 0.4) is 0 Å². The Labute approximate surface area is 297 Å². The van der Waals surface area contributed by atoms with E-state index in [-0.39, 0.29) is 12.1 Å². The Morgan fingerprint density at radius 2 is 1.80 bits per heavy atom. The Morgan fingerprint density at radius 1 is 1.00 bits per heavy atom. The number of hydrogen-bond acceptors (Lipinski definition) is 9. The van der Waals surface area contributed by atoms with E-state index in [9.17, 15) is 13.2 Å². The van der Waals surface area contributed by atoms with E-state index in [4.69, 9.17) is 26.1 Å². The monoisotopic (exact) mass is 714 g/mol. The number of aromatic nitrogens is 3. The maximum atomic E-state index is 13.2. The molecule has 1 saturated heterocycles. The fourth-order valence-corrected chi connectivity index (χ4v) is 7.16. The molecule has 5 aromatic rings. The number of carbonyl (C=O) groups is 1. The average molecular weight is 715 g/mol. The zero-order chi connectivity index (χ0) is 35.6. The van der Waals surface area contributed by atoms with E-state index in [1.54, 1.807) is 65.8 Å². The SMILES string of the molecule is Cc1ccc2c(N(c3cccc(Cl)c3)S(C)(=O)=O)cccc2c1Oc1ncccc1-c1ccnc(NC2CCCN(C(=O)OC(C)(C)C)C2)n1. The molecule has 0 bridgehead atoms. The third-order valence-electron chi connectivity index (χ3n) is 8.09. The number of ether oxygens (including phenoxy) is 2. The van der Waals surface area contributed by atoms with Crippen LogP contribution in [0.2, 0.25) is 5.02 Å². The van der Waals surface area contributed by atoms with Gasteiger partial charge in [-0.25, -0.2) is 32.5 Å². The summed E-state index contributed by atoms with van der Waals surface area (Å²) < 4.78 is 39.8. The van der Waals surface area contributed by atoms with Gasteiger partial charge in [-0.3, -0.25) is 0 Å². The Bertz CT molecular complexity index is 2160. The third kappa shape index (κ3) is 7.92. The summed E-state index contributed by atoms with van der Waals surface area (Å²) in [5.74, 6) is 1.27. The van der Waals surface area contributed by atoms with Gasteiger partial charge in [0.25, 0.3) is 0 Å². The van der Waals surface area contributed by atoms with Crippen LogP contribution in [0, 0.1) is 6.92 Å². The third-order valence-corrected chi connectivity index (χ3v) is 9.39. The predicted octanol–water partition coefficient (Wildman–Crippen LogP) is 8.36. The summed E-state index contributed by atoms with van der Waals surface area (Å²) in [4.78, 5) is 28.2. The van der Waals surface area contributed by atoms with Crippen LogP contribution in [0.15, 0.2) is 85.2 Å². The van der Waals surface area contributed by atoms with Crippen LogP contribution in [-0.4, -0.2) is 65.4 Å².